The van der Waals surface area contributed by atoms with Gasteiger partial charge in [0.15, 0.2) is 16.7 Å². The molecule has 1 aliphatic heterocycles. The van der Waals surface area contributed by atoms with Gasteiger partial charge in [0.25, 0.3) is 5.56 Å². The molecule has 2 heterocycles. The molecule has 0 radical (unpaired) electrons. The van der Waals surface area contributed by atoms with E-state index in [1.165, 1.54) is 26.0 Å². The summed E-state index contributed by atoms with van der Waals surface area (Å²) in [5.41, 5.74) is 0.671. The van der Waals surface area contributed by atoms with Gasteiger partial charge in [-0.2, -0.15) is 0 Å². The lowest BCUT2D eigenvalue weighted by molar-refractivity contribution is -0.116. The first-order valence-corrected chi connectivity index (χ1v) is 8.63. The minimum absolute atomic E-state index is 0.0768. The van der Waals surface area contributed by atoms with Crippen LogP contribution in [0.5, 0.6) is 17.2 Å². The Morgan fingerprint density at radius 1 is 1.24 bits per heavy atom. The molecular formula is C16H17N3O5S. The van der Waals surface area contributed by atoms with E-state index in [-0.39, 0.29) is 41.0 Å². The molecule has 3 N–H and O–H groups in total. The summed E-state index contributed by atoms with van der Waals surface area (Å²) in [7, 11) is 2.83. The van der Waals surface area contributed by atoms with Gasteiger partial charge < -0.3 is 24.9 Å². The summed E-state index contributed by atoms with van der Waals surface area (Å²) in [6, 6.07) is 3.18. The van der Waals surface area contributed by atoms with Crippen LogP contribution in [0.4, 0.5) is 5.82 Å². The van der Waals surface area contributed by atoms with Crippen molar-refractivity contribution in [3.8, 4) is 17.2 Å². The van der Waals surface area contributed by atoms with Gasteiger partial charge in [-0.05, 0) is 24.0 Å². The Hall–Kier alpha value is -2.68. The number of amides is 1. The topological polar surface area (TPSA) is 114 Å². The van der Waals surface area contributed by atoms with Gasteiger partial charge in [0.2, 0.25) is 11.7 Å². The zero-order valence-electron chi connectivity index (χ0n) is 13.9. The highest BCUT2D eigenvalue weighted by molar-refractivity contribution is 7.98. The Morgan fingerprint density at radius 2 is 1.88 bits per heavy atom. The van der Waals surface area contributed by atoms with Gasteiger partial charge >= 0.3 is 0 Å². The Bertz CT molecular complexity index is 871. The van der Waals surface area contributed by atoms with Crippen LogP contribution < -0.4 is 20.3 Å². The molecule has 1 aliphatic rings. The van der Waals surface area contributed by atoms with E-state index in [9.17, 15) is 14.7 Å². The molecule has 0 saturated heterocycles. The van der Waals surface area contributed by atoms with E-state index in [0.717, 1.165) is 0 Å². The van der Waals surface area contributed by atoms with Crippen LogP contribution in [0.2, 0.25) is 0 Å². The molecule has 2 aromatic rings. The molecule has 0 bridgehead atoms. The van der Waals surface area contributed by atoms with Crippen LogP contribution in [0.3, 0.4) is 0 Å². The van der Waals surface area contributed by atoms with Gasteiger partial charge in [-0.15, -0.1) is 0 Å². The molecule has 0 fully saturated rings. The van der Waals surface area contributed by atoms with Crippen LogP contribution in [0, 0.1) is 0 Å². The second-order valence-corrected chi connectivity index (χ2v) is 6.21. The maximum absolute atomic E-state index is 12.5. The molecule has 0 unspecified atom stereocenters. The lowest BCUT2D eigenvalue weighted by Crippen LogP contribution is -2.31. The highest BCUT2D eigenvalue weighted by Crippen LogP contribution is 2.42. The fourth-order valence-corrected chi connectivity index (χ4v) is 3.22. The average molecular weight is 363 g/mol. The molecule has 132 valence electrons. The van der Waals surface area contributed by atoms with Crippen molar-refractivity contribution in [1.82, 2.24) is 9.97 Å². The molecular weight excluding hydrogens is 346 g/mol. The van der Waals surface area contributed by atoms with Crippen molar-refractivity contribution < 1.29 is 19.4 Å². The van der Waals surface area contributed by atoms with Crippen molar-refractivity contribution in [2.24, 2.45) is 0 Å². The van der Waals surface area contributed by atoms with Gasteiger partial charge in [-0.3, -0.25) is 9.59 Å². The first-order chi connectivity index (χ1) is 12.0. The summed E-state index contributed by atoms with van der Waals surface area (Å²) in [6.45, 7) is 0. The van der Waals surface area contributed by atoms with E-state index in [1.807, 2.05) is 0 Å². The third-order valence-electron chi connectivity index (χ3n) is 4.03. The molecule has 0 saturated carbocycles. The maximum atomic E-state index is 12.5. The number of anilines is 1. The predicted octanol–water partition coefficient (Wildman–Crippen LogP) is 1.69. The quantitative estimate of drug-likeness (QED) is 0.559. The van der Waals surface area contributed by atoms with E-state index in [0.29, 0.717) is 16.3 Å². The normalized spacial score (nSPS) is 16.1. The van der Waals surface area contributed by atoms with E-state index in [4.69, 9.17) is 9.47 Å². The van der Waals surface area contributed by atoms with Gasteiger partial charge in [-0.25, -0.2) is 4.98 Å². The van der Waals surface area contributed by atoms with Crippen LogP contribution in [0.1, 0.15) is 23.5 Å². The predicted molar refractivity (Wildman–Crippen MR) is 92.9 cm³/mol. The number of nitrogens with one attached hydrogen (secondary N) is 2. The number of rotatable bonds is 4. The highest BCUT2D eigenvalue weighted by Gasteiger charge is 2.32. The first-order valence-electron chi connectivity index (χ1n) is 7.41. The van der Waals surface area contributed by atoms with Crippen molar-refractivity contribution >= 4 is 23.5 Å². The van der Waals surface area contributed by atoms with Gasteiger partial charge in [-0.1, -0.05) is 11.8 Å². The molecule has 1 aromatic heterocycles. The number of thioether (sulfide) groups is 1. The largest absolute Gasteiger partial charge is 0.502 e. The fourth-order valence-electron chi connectivity index (χ4n) is 2.85. The molecule has 8 nitrogen and oxygen atoms in total. The van der Waals surface area contributed by atoms with Gasteiger partial charge in [0.1, 0.15) is 5.82 Å². The van der Waals surface area contributed by atoms with Crippen molar-refractivity contribution in [3.63, 3.8) is 0 Å². The Kier molecular flexibility index (Phi) is 4.58. The number of benzene rings is 1. The number of carbonyl (C=O) groups is 1. The number of hydrogen-bond donors (Lipinski definition) is 3. The first kappa shape index (κ1) is 17.2. The van der Waals surface area contributed by atoms with Gasteiger partial charge in [0.05, 0.1) is 19.8 Å². The number of phenolic OH excluding ortho intramolecular Hbond substituents is 1. The lowest BCUT2D eigenvalue weighted by Gasteiger charge is -2.25. The minimum atomic E-state index is -0.528. The van der Waals surface area contributed by atoms with Crippen LogP contribution in [-0.4, -0.2) is 41.5 Å². The standard InChI is InChI=1S/C16H17N3O5S/c1-23-9-4-7(5-10(24-2)13(9)21)8-6-11(20)17-14-12(8)15(22)19-16(18-14)25-3/h4-5,8,21H,6H2,1-3H3,(H2,17,18,19,20,22)/t8-/m1/s1. The molecule has 25 heavy (non-hydrogen) atoms. The van der Waals surface area contributed by atoms with Crippen LogP contribution in [0.25, 0.3) is 0 Å². The van der Waals surface area contributed by atoms with Crippen LogP contribution >= 0.6 is 11.8 Å². The SMILES string of the molecule is COc1cc([C@H]2CC(=O)Nc3nc(SC)[nH]c(=O)c32)cc(OC)c1O. The summed E-state index contributed by atoms with van der Waals surface area (Å²) in [4.78, 5) is 31.6. The second-order valence-electron chi connectivity index (χ2n) is 5.42. The monoisotopic (exact) mass is 363 g/mol. The van der Waals surface area contributed by atoms with Crippen LogP contribution in [-0.2, 0) is 4.79 Å². The summed E-state index contributed by atoms with van der Waals surface area (Å²) in [6.07, 6.45) is 1.86. The van der Waals surface area contributed by atoms with E-state index >= 15 is 0 Å². The number of aromatic amines is 1. The third-order valence-corrected chi connectivity index (χ3v) is 4.61. The number of aromatic nitrogens is 2. The average Bonchev–Trinajstić information content (AvgIpc) is 2.60. The lowest BCUT2D eigenvalue weighted by atomic mass is 9.86. The zero-order chi connectivity index (χ0) is 18.1. The van der Waals surface area contributed by atoms with E-state index < -0.39 is 5.92 Å². The van der Waals surface area contributed by atoms with Crippen molar-refractivity contribution in [2.75, 3.05) is 25.8 Å². The molecule has 1 aromatic carbocycles. The number of nitrogens with zero attached hydrogens (tertiary/aromatic N) is 1. The van der Waals surface area contributed by atoms with Crippen LogP contribution in [0.15, 0.2) is 22.1 Å². The Morgan fingerprint density at radius 3 is 2.44 bits per heavy atom. The number of methoxy groups -OCH3 is 2. The maximum Gasteiger partial charge on any atom is 0.257 e. The summed E-state index contributed by atoms with van der Waals surface area (Å²) < 4.78 is 10.3. The zero-order valence-corrected chi connectivity index (χ0v) is 14.7. The number of ether oxygens (including phenoxy) is 2. The Balaban J connectivity index is 2.20. The van der Waals surface area contributed by atoms with Crippen molar-refractivity contribution in [1.29, 1.82) is 0 Å². The fraction of sp³-hybridized carbons (Fsp3) is 0.312. The molecule has 0 aliphatic carbocycles. The summed E-state index contributed by atoms with van der Waals surface area (Å²) >= 11 is 1.28. The molecule has 9 heteroatoms. The molecule has 3 rings (SSSR count). The second kappa shape index (κ2) is 6.67. The molecule has 1 amide bonds. The number of carbonyl (C=O) groups excluding carboxylic acids is 1. The van der Waals surface area contributed by atoms with Gasteiger partial charge in [0, 0.05) is 12.3 Å². The summed E-state index contributed by atoms with van der Waals surface area (Å²) in [5, 5.41) is 13.1. The number of fused-ring (bicyclic) bond motifs is 1. The number of phenols is 1. The summed E-state index contributed by atoms with van der Waals surface area (Å²) in [5.74, 6) is -0.258. The van der Waals surface area contributed by atoms with E-state index in [2.05, 4.69) is 15.3 Å². The molecule has 0 spiro atoms. The number of aromatic hydroxyl groups is 1. The van der Waals surface area contributed by atoms with Crippen molar-refractivity contribution in [3.05, 3.63) is 33.6 Å². The third kappa shape index (κ3) is 3.02. The highest BCUT2D eigenvalue weighted by atomic mass is 32.2. The minimum Gasteiger partial charge on any atom is -0.502 e. The smallest absolute Gasteiger partial charge is 0.257 e. The van der Waals surface area contributed by atoms with Crippen molar-refractivity contribution in [2.45, 2.75) is 17.5 Å². The van der Waals surface area contributed by atoms with E-state index in [1.54, 1.807) is 18.4 Å². The number of H-pyrrole nitrogens is 1. The Labute approximate surface area is 147 Å². The number of hydrogen-bond acceptors (Lipinski definition) is 7. The molecule has 1 atom stereocenters.